The predicted octanol–water partition coefficient (Wildman–Crippen LogP) is 2.61. The molecule has 0 aromatic carbocycles. The van der Waals surface area contributed by atoms with Crippen molar-refractivity contribution in [2.75, 3.05) is 24.9 Å². The number of nitrogens with zero attached hydrogens (tertiary/aromatic N) is 3. The van der Waals surface area contributed by atoms with E-state index in [9.17, 15) is 18.0 Å². The summed E-state index contributed by atoms with van der Waals surface area (Å²) in [6.07, 6.45) is -4.61. The lowest BCUT2D eigenvalue weighted by Gasteiger charge is -2.10. The first kappa shape index (κ1) is 16.7. The zero-order valence-electron chi connectivity index (χ0n) is 11.8. The number of methoxy groups -OCH3 is 2. The number of pyridine rings is 1. The first-order valence-corrected chi connectivity index (χ1v) is 6.73. The van der Waals surface area contributed by atoms with E-state index < -0.39 is 17.2 Å². The van der Waals surface area contributed by atoms with Gasteiger partial charge in [0.05, 0.1) is 14.2 Å². The summed E-state index contributed by atoms with van der Waals surface area (Å²) in [5.41, 5.74) is 0.200. The van der Waals surface area contributed by atoms with Crippen LogP contribution in [0, 0.1) is 0 Å². The number of alkyl halides is 3. The van der Waals surface area contributed by atoms with E-state index in [1.165, 1.54) is 26.4 Å². The van der Waals surface area contributed by atoms with Gasteiger partial charge in [0, 0.05) is 6.07 Å². The average molecular weight is 349 g/mol. The number of hydrogen-bond donors (Lipinski definition) is 2. The monoisotopic (exact) mass is 349 g/mol. The first-order valence-electron chi connectivity index (χ1n) is 5.91. The molecule has 0 aliphatic rings. The number of nitrogens with one attached hydrogen (secondary N) is 2. The van der Waals surface area contributed by atoms with Crippen LogP contribution < -0.4 is 20.1 Å². The number of urea groups is 1. The van der Waals surface area contributed by atoms with Crippen LogP contribution in [0.1, 0.15) is 5.01 Å². The van der Waals surface area contributed by atoms with Crippen molar-refractivity contribution < 1.29 is 27.4 Å². The molecule has 0 aliphatic carbocycles. The van der Waals surface area contributed by atoms with Crippen LogP contribution in [0.15, 0.2) is 12.1 Å². The second-order valence-electron chi connectivity index (χ2n) is 3.90. The summed E-state index contributed by atoms with van der Waals surface area (Å²) in [6, 6.07) is 2.12. The van der Waals surface area contributed by atoms with Gasteiger partial charge in [-0.2, -0.15) is 18.2 Å². The van der Waals surface area contributed by atoms with Crippen molar-refractivity contribution in [3.63, 3.8) is 0 Å². The first-order chi connectivity index (χ1) is 10.8. The van der Waals surface area contributed by atoms with E-state index in [4.69, 9.17) is 9.47 Å². The Kier molecular flexibility index (Phi) is 4.83. The van der Waals surface area contributed by atoms with E-state index in [2.05, 4.69) is 25.8 Å². The molecule has 0 saturated heterocycles. The summed E-state index contributed by atoms with van der Waals surface area (Å²) in [4.78, 5) is 15.7. The van der Waals surface area contributed by atoms with Crippen molar-refractivity contribution in [2.24, 2.45) is 0 Å². The molecule has 0 radical (unpaired) electrons. The Morgan fingerprint density at radius 1 is 1.17 bits per heavy atom. The highest BCUT2D eigenvalue weighted by Gasteiger charge is 2.35. The SMILES string of the molecule is COc1ccc(NC(=O)Nc2nnc(C(F)(F)F)s2)c(OC)n1. The van der Waals surface area contributed by atoms with Gasteiger partial charge in [-0.15, -0.1) is 10.2 Å². The van der Waals surface area contributed by atoms with Gasteiger partial charge >= 0.3 is 12.2 Å². The molecule has 8 nitrogen and oxygen atoms in total. The molecule has 0 saturated carbocycles. The number of ether oxygens (including phenoxy) is 2. The number of amides is 2. The van der Waals surface area contributed by atoms with Crippen LogP contribution in [0.4, 0.5) is 28.8 Å². The molecule has 0 spiro atoms. The van der Waals surface area contributed by atoms with Gasteiger partial charge in [-0.25, -0.2) is 4.79 Å². The number of anilines is 2. The van der Waals surface area contributed by atoms with Crippen molar-refractivity contribution >= 4 is 28.2 Å². The predicted molar refractivity (Wildman–Crippen MR) is 74.9 cm³/mol. The van der Waals surface area contributed by atoms with Crippen molar-refractivity contribution in [1.29, 1.82) is 0 Å². The molecule has 23 heavy (non-hydrogen) atoms. The fourth-order valence-electron chi connectivity index (χ4n) is 1.43. The molecule has 2 aromatic heterocycles. The van der Waals surface area contributed by atoms with Crippen molar-refractivity contribution in [1.82, 2.24) is 15.2 Å². The third-order valence-electron chi connectivity index (χ3n) is 2.37. The lowest BCUT2D eigenvalue weighted by Crippen LogP contribution is -2.20. The molecule has 2 amide bonds. The number of rotatable bonds is 4. The van der Waals surface area contributed by atoms with Gasteiger partial charge in [-0.05, 0) is 6.07 Å². The molecule has 2 N–H and O–H groups in total. The molecule has 0 fully saturated rings. The second-order valence-corrected chi connectivity index (χ2v) is 4.88. The Hall–Kier alpha value is -2.63. The topological polar surface area (TPSA) is 98.3 Å². The molecule has 0 atom stereocenters. The Bertz CT molecular complexity index is 706. The fourth-order valence-corrected chi connectivity index (χ4v) is 2.03. The molecular weight excluding hydrogens is 339 g/mol. The minimum atomic E-state index is -4.61. The number of aromatic nitrogens is 3. The summed E-state index contributed by atoms with van der Waals surface area (Å²) in [6.45, 7) is 0. The van der Waals surface area contributed by atoms with Gasteiger partial charge in [0.1, 0.15) is 5.69 Å². The van der Waals surface area contributed by atoms with Gasteiger partial charge < -0.3 is 14.8 Å². The Balaban J connectivity index is 2.06. The van der Waals surface area contributed by atoms with Crippen molar-refractivity contribution in [2.45, 2.75) is 6.18 Å². The average Bonchev–Trinajstić information content (AvgIpc) is 2.96. The van der Waals surface area contributed by atoms with E-state index in [-0.39, 0.29) is 33.9 Å². The zero-order chi connectivity index (χ0) is 17.0. The molecule has 124 valence electrons. The highest BCUT2D eigenvalue weighted by molar-refractivity contribution is 7.15. The minimum Gasteiger partial charge on any atom is -0.481 e. The number of carbonyl (C=O) groups excluding carboxylic acids is 1. The largest absolute Gasteiger partial charge is 0.481 e. The van der Waals surface area contributed by atoms with Crippen LogP contribution in [-0.4, -0.2) is 35.4 Å². The minimum absolute atomic E-state index is 0.0766. The standard InChI is InChI=1S/C11H10F3N5O3S/c1-21-6-4-3-5(7(16-6)22-2)15-9(20)17-10-19-18-8(23-10)11(12,13)14/h3-4H,1-2H3,(H2,15,17,19,20). The molecule has 0 aliphatic heterocycles. The van der Waals surface area contributed by atoms with Crippen LogP contribution in [-0.2, 0) is 6.18 Å². The van der Waals surface area contributed by atoms with Gasteiger partial charge in [-0.1, -0.05) is 11.3 Å². The fraction of sp³-hybridized carbons (Fsp3) is 0.273. The third kappa shape index (κ3) is 4.18. The van der Waals surface area contributed by atoms with E-state index in [0.717, 1.165) is 0 Å². The number of halogens is 3. The van der Waals surface area contributed by atoms with Gasteiger partial charge in [0.2, 0.25) is 21.9 Å². The van der Waals surface area contributed by atoms with Gasteiger partial charge in [0.15, 0.2) is 0 Å². The smallest absolute Gasteiger partial charge is 0.445 e. The zero-order valence-corrected chi connectivity index (χ0v) is 12.6. The van der Waals surface area contributed by atoms with Gasteiger partial charge in [0.25, 0.3) is 0 Å². The number of hydrogen-bond acceptors (Lipinski definition) is 7. The van der Waals surface area contributed by atoms with Crippen LogP contribution in [0.5, 0.6) is 11.8 Å². The van der Waals surface area contributed by atoms with Crippen LogP contribution in [0.2, 0.25) is 0 Å². The van der Waals surface area contributed by atoms with E-state index in [1.807, 2.05) is 0 Å². The number of carbonyl (C=O) groups is 1. The lowest BCUT2D eigenvalue weighted by molar-refractivity contribution is -0.138. The van der Waals surface area contributed by atoms with Crippen LogP contribution >= 0.6 is 11.3 Å². The highest BCUT2D eigenvalue weighted by atomic mass is 32.1. The summed E-state index contributed by atoms with van der Waals surface area (Å²) in [7, 11) is 2.75. The van der Waals surface area contributed by atoms with Crippen LogP contribution in [0.3, 0.4) is 0 Å². The van der Waals surface area contributed by atoms with E-state index >= 15 is 0 Å². The van der Waals surface area contributed by atoms with Gasteiger partial charge in [-0.3, -0.25) is 5.32 Å². The molecule has 2 heterocycles. The normalized spacial score (nSPS) is 11.0. The molecule has 2 rings (SSSR count). The maximum atomic E-state index is 12.4. The highest BCUT2D eigenvalue weighted by Crippen LogP contribution is 2.33. The van der Waals surface area contributed by atoms with E-state index in [0.29, 0.717) is 0 Å². The summed E-state index contributed by atoms with van der Waals surface area (Å²) in [5.74, 6) is 0.347. The third-order valence-corrected chi connectivity index (χ3v) is 3.26. The van der Waals surface area contributed by atoms with E-state index in [1.54, 1.807) is 0 Å². The molecule has 12 heteroatoms. The second kappa shape index (κ2) is 6.64. The maximum Gasteiger partial charge on any atom is 0.445 e. The Labute approximate surface area is 131 Å². The van der Waals surface area contributed by atoms with Crippen molar-refractivity contribution in [3.05, 3.63) is 17.1 Å². The molecular formula is C11H10F3N5O3S. The molecule has 0 bridgehead atoms. The Morgan fingerprint density at radius 2 is 1.91 bits per heavy atom. The van der Waals surface area contributed by atoms with Crippen molar-refractivity contribution in [3.8, 4) is 11.8 Å². The summed E-state index contributed by atoms with van der Waals surface area (Å²) in [5, 5.41) is 9.26. The molecule has 0 unspecified atom stereocenters. The Morgan fingerprint density at radius 3 is 2.48 bits per heavy atom. The lowest BCUT2D eigenvalue weighted by atomic mass is 10.4. The summed E-state index contributed by atoms with van der Waals surface area (Å²) >= 11 is 0.209. The maximum absolute atomic E-state index is 12.4. The van der Waals surface area contributed by atoms with Crippen LogP contribution in [0.25, 0.3) is 0 Å². The summed E-state index contributed by atoms with van der Waals surface area (Å²) < 4.78 is 47.1. The quantitative estimate of drug-likeness (QED) is 0.880. The molecule has 2 aromatic rings.